The van der Waals surface area contributed by atoms with Crippen LogP contribution in [0.25, 0.3) is 0 Å². The van der Waals surface area contributed by atoms with Crippen LogP contribution in [0.2, 0.25) is 0 Å². The molecule has 0 radical (unpaired) electrons. The molecule has 0 saturated heterocycles. The van der Waals surface area contributed by atoms with Crippen molar-refractivity contribution in [3.8, 4) is 0 Å². The van der Waals surface area contributed by atoms with E-state index in [1.807, 2.05) is 13.8 Å². The van der Waals surface area contributed by atoms with Crippen molar-refractivity contribution in [1.82, 2.24) is 0 Å². The lowest BCUT2D eigenvalue weighted by Gasteiger charge is -2.56. The van der Waals surface area contributed by atoms with Gasteiger partial charge in [0.15, 0.2) is 0 Å². The highest BCUT2D eigenvalue weighted by Gasteiger charge is 2.56. The third-order valence-electron chi connectivity index (χ3n) is 2.96. The maximum Gasteiger partial charge on any atom is 0.0628 e. The topological polar surface area (TPSA) is 66.5 Å². The molecule has 0 aromatic heterocycles. The van der Waals surface area contributed by atoms with Crippen molar-refractivity contribution in [2.45, 2.75) is 31.9 Å². The molecular weight excluding hydrogens is 130 g/mol. The summed E-state index contributed by atoms with van der Waals surface area (Å²) in [4.78, 5) is 0. The molecule has 2 unspecified atom stereocenters. The molecule has 1 fully saturated rings. The van der Waals surface area contributed by atoms with Crippen molar-refractivity contribution in [3.05, 3.63) is 0 Å². The van der Waals surface area contributed by atoms with Crippen LogP contribution in [0.4, 0.5) is 0 Å². The first-order valence-corrected chi connectivity index (χ1v) is 3.52. The van der Waals surface area contributed by atoms with E-state index in [1.54, 1.807) is 0 Å². The first-order valence-electron chi connectivity index (χ1n) is 3.52. The van der Waals surface area contributed by atoms with Gasteiger partial charge in [0.1, 0.15) is 0 Å². The van der Waals surface area contributed by atoms with E-state index in [9.17, 15) is 5.11 Å². The predicted molar refractivity (Wildman–Crippen MR) is 38.4 cm³/mol. The second kappa shape index (κ2) is 1.94. The van der Waals surface area contributed by atoms with Gasteiger partial charge in [-0.1, -0.05) is 13.8 Å². The van der Waals surface area contributed by atoms with Crippen molar-refractivity contribution in [2.75, 3.05) is 6.61 Å². The number of rotatable bonds is 1. The van der Waals surface area contributed by atoms with Crippen LogP contribution in [0, 0.1) is 5.41 Å². The molecule has 1 aliphatic carbocycles. The summed E-state index contributed by atoms with van der Waals surface area (Å²) in [6.45, 7) is 3.70. The van der Waals surface area contributed by atoms with E-state index in [1.165, 1.54) is 0 Å². The fourth-order valence-electron chi connectivity index (χ4n) is 1.33. The Labute approximate surface area is 60.9 Å². The summed E-state index contributed by atoms with van der Waals surface area (Å²) in [6.07, 6.45) is 0.154. The number of aliphatic hydroxyl groups excluding tert-OH is 2. The van der Waals surface area contributed by atoms with Crippen LogP contribution >= 0.6 is 0 Å². The van der Waals surface area contributed by atoms with Gasteiger partial charge in [0.25, 0.3) is 0 Å². The van der Waals surface area contributed by atoms with E-state index >= 15 is 0 Å². The SMILES string of the molecule is CC1(C)C(O)CC1(N)CO. The molecule has 4 N–H and O–H groups in total. The van der Waals surface area contributed by atoms with E-state index in [4.69, 9.17) is 10.8 Å². The monoisotopic (exact) mass is 145 g/mol. The first kappa shape index (κ1) is 7.98. The Balaban J connectivity index is 2.70. The van der Waals surface area contributed by atoms with E-state index in [0.717, 1.165) is 0 Å². The Morgan fingerprint density at radius 3 is 2.20 bits per heavy atom. The van der Waals surface area contributed by atoms with Crippen LogP contribution < -0.4 is 5.73 Å². The van der Waals surface area contributed by atoms with E-state index in [2.05, 4.69) is 0 Å². The largest absolute Gasteiger partial charge is 0.394 e. The summed E-state index contributed by atoms with van der Waals surface area (Å²) in [5.41, 5.74) is 4.87. The zero-order valence-electron chi connectivity index (χ0n) is 6.46. The number of nitrogens with two attached hydrogens (primary N) is 1. The second-order valence-corrected chi connectivity index (χ2v) is 3.76. The number of aliphatic hydroxyl groups is 2. The maximum atomic E-state index is 9.25. The summed E-state index contributed by atoms with van der Waals surface area (Å²) >= 11 is 0. The molecule has 1 saturated carbocycles. The molecule has 0 heterocycles. The maximum absolute atomic E-state index is 9.25. The van der Waals surface area contributed by atoms with Crippen LogP contribution in [-0.4, -0.2) is 28.5 Å². The fraction of sp³-hybridized carbons (Fsp3) is 1.00. The van der Waals surface area contributed by atoms with E-state index in [0.29, 0.717) is 6.42 Å². The van der Waals surface area contributed by atoms with Crippen molar-refractivity contribution in [2.24, 2.45) is 11.1 Å². The Morgan fingerprint density at radius 2 is 2.10 bits per heavy atom. The Kier molecular flexibility index (Phi) is 1.54. The molecule has 3 heteroatoms. The number of hydrogen-bond acceptors (Lipinski definition) is 3. The average molecular weight is 145 g/mol. The molecule has 1 rings (SSSR count). The van der Waals surface area contributed by atoms with Crippen molar-refractivity contribution < 1.29 is 10.2 Å². The minimum Gasteiger partial charge on any atom is -0.394 e. The third kappa shape index (κ3) is 0.713. The van der Waals surface area contributed by atoms with Gasteiger partial charge in [-0.2, -0.15) is 0 Å². The molecule has 0 bridgehead atoms. The molecular formula is C7H15NO2. The Bertz CT molecular complexity index is 144. The molecule has 0 aliphatic heterocycles. The fourth-order valence-corrected chi connectivity index (χ4v) is 1.33. The van der Waals surface area contributed by atoms with Crippen LogP contribution in [0.3, 0.4) is 0 Å². The van der Waals surface area contributed by atoms with Gasteiger partial charge in [-0.3, -0.25) is 0 Å². The van der Waals surface area contributed by atoms with Gasteiger partial charge in [0.05, 0.1) is 12.7 Å². The Hall–Kier alpha value is -0.120. The second-order valence-electron chi connectivity index (χ2n) is 3.76. The lowest BCUT2D eigenvalue weighted by Crippen LogP contribution is -2.71. The zero-order chi connectivity index (χ0) is 7.99. The van der Waals surface area contributed by atoms with Gasteiger partial charge in [-0.05, 0) is 6.42 Å². The molecule has 0 amide bonds. The van der Waals surface area contributed by atoms with Gasteiger partial charge in [0, 0.05) is 11.0 Å². The Morgan fingerprint density at radius 1 is 1.60 bits per heavy atom. The number of hydrogen-bond donors (Lipinski definition) is 3. The van der Waals surface area contributed by atoms with Crippen molar-refractivity contribution in [1.29, 1.82) is 0 Å². The van der Waals surface area contributed by atoms with Crippen molar-refractivity contribution >= 4 is 0 Å². The molecule has 0 spiro atoms. The molecule has 2 atom stereocenters. The summed E-state index contributed by atoms with van der Waals surface area (Å²) < 4.78 is 0. The quantitative estimate of drug-likeness (QED) is 0.464. The summed E-state index contributed by atoms with van der Waals surface area (Å²) in [7, 11) is 0. The first-order chi connectivity index (χ1) is 4.44. The smallest absolute Gasteiger partial charge is 0.0628 e. The average Bonchev–Trinajstić information content (AvgIpc) is 1.88. The molecule has 10 heavy (non-hydrogen) atoms. The zero-order valence-corrected chi connectivity index (χ0v) is 6.46. The molecule has 0 aromatic rings. The highest BCUT2D eigenvalue weighted by molar-refractivity contribution is 5.12. The highest BCUT2D eigenvalue weighted by atomic mass is 16.3. The van der Waals surface area contributed by atoms with Crippen LogP contribution in [-0.2, 0) is 0 Å². The van der Waals surface area contributed by atoms with Crippen LogP contribution in [0.1, 0.15) is 20.3 Å². The summed E-state index contributed by atoms with van der Waals surface area (Å²) in [6, 6.07) is 0. The molecule has 1 aliphatic rings. The lowest BCUT2D eigenvalue weighted by molar-refractivity contribution is -0.133. The van der Waals surface area contributed by atoms with Crippen LogP contribution in [0.15, 0.2) is 0 Å². The van der Waals surface area contributed by atoms with Gasteiger partial charge in [-0.25, -0.2) is 0 Å². The van der Waals surface area contributed by atoms with Gasteiger partial charge in [0.2, 0.25) is 0 Å². The minimum absolute atomic E-state index is 0.0446. The summed E-state index contributed by atoms with van der Waals surface area (Å²) in [5.74, 6) is 0. The van der Waals surface area contributed by atoms with Gasteiger partial charge < -0.3 is 15.9 Å². The van der Waals surface area contributed by atoms with Gasteiger partial charge >= 0.3 is 0 Å². The van der Waals surface area contributed by atoms with E-state index in [-0.39, 0.29) is 18.1 Å². The van der Waals surface area contributed by atoms with Crippen LogP contribution in [0.5, 0.6) is 0 Å². The summed E-state index contributed by atoms with van der Waals surface area (Å²) in [5, 5.41) is 18.1. The standard InChI is InChI=1S/C7H15NO2/c1-6(2)5(10)3-7(6,8)4-9/h5,9-10H,3-4,8H2,1-2H3. The minimum atomic E-state index is -0.563. The van der Waals surface area contributed by atoms with Crippen molar-refractivity contribution in [3.63, 3.8) is 0 Å². The third-order valence-corrected chi connectivity index (χ3v) is 2.96. The van der Waals surface area contributed by atoms with Gasteiger partial charge in [-0.15, -0.1) is 0 Å². The predicted octanol–water partition coefficient (Wildman–Crippen LogP) is -0.533. The highest BCUT2D eigenvalue weighted by Crippen LogP contribution is 2.47. The molecule has 0 aromatic carbocycles. The molecule has 3 nitrogen and oxygen atoms in total. The lowest BCUT2D eigenvalue weighted by atomic mass is 9.55. The molecule has 60 valence electrons. The van der Waals surface area contributed by atoms with E-state index < -0.39 is 5.54 Å². The normalized spacial score (nSPS) is 44.7.